The van der Waals surface area contributed by atoms with E-state index in [1.807, 2.05) is 6.07 Å². The van der Waals surface area contributed by atoms with E-state index >= 15 is 0 Å². The van der Waals surface area contributed by atoms with Crippen molar-refractivity contribution in [3.8, 4) is 0 Å². The van der Waals surface area contributed by atoms with Gasteiger partial charge in [-0.25, -0.2) is 0 Å². The van der Waals surface area contributed by atoms with Crippen LogP contribution >= 0.6 is 0 Å². The molecule has 146 valence electrons. The minimum Gasteiger partial charge on any atom is -0.330 e. The molecule has 3 aliphatic heterocycles. The molecule has 3 heterocycles. The first-order valence-corrected chi connectivity index (χ1v) is 9.75. The molecule has 2 saturated heterocycles. The second kappa shape index (κ2) is 6.22. The van der Waals surface area contributed by atoms with Gasteiger partial charge in [0, 0.05) is 26.1 Å². The normalized spacial score (nSPS) is 31.8. The molecule has 2 unspecified atom stereocenters. The average molecular weight is 382 g/mol. The van der Waals surface area contributed by atoms with Crippen LogP contribution in [0.25, 0.3) is 0 Å². The summed E-state index contributed by atoms with van der Waals surface area (Å²) in [6.45, 7) is 3.28. The number of fused-ring (bicyclic) bond motifs is 2. The second-order valence-electron chi connectivity index (χ2n) is 8.21. The number of imide groups is 2. The van der Waals surface area contributed by atoms with E-state index in [2.05, 4.69) is 10.2 Å². The Hall–Kier alpha value is -2.58. The van der Waals surface area contributed by atoms with Crippen LogP contribution in [0.15, 0.2) is 18.2 Å². The Bertz CT molecular complexity index is 901. The zero-order valence-electron chi connectivity index (χ0n) is 15.4. The Labute approximate surface area is 162 Å². The summed E-state index contributed by atoms with van der Waals surface area (Å²) in [4.78, 5) is 52.9. The summed E-state index contributed by atoms with van der Waals surface area (Å²) in [7, 11) is 0. The summed E-state index contributed by atoms with van der Waals surface area (Å²) in [5, 5.41) is 2.22. The van der Waals surface area contributed by atoms with Crippen LogP contribution in [0.3, 0.4) is 0 Å². The number of hydrogen-bond acceptors (Lipinski definition) is 6. The van der Waals surface area contributed by atoms with Crippen LogP contribution in [0.4, 0.5) is 0 Å². The van der Waals surface area contributed by atoms with Crippen LogP contribution in [0.1, 0.15) is 39.1 Å². The number of rotatable bonds is 4. The van der Waals surface area contributed by atoms with E-state index < -0.39 is 23.8 Å². The highest BCUT2D eigenvalue weighted by Gasteiger charge is 2.54. The summed E-state index contributed by atoms with van der Waals surface area (Å²) in [5.41, 5.74) is 7.33. The van der Waals surface area contributed by atoms with Crippen molar-refractivity contribution in [3.05, 3.63) is 34.9 Å². The van der Waals surface area contributed by atoms with Crippen molar-refractivity contribution in [1.82, 2.24) is 15.1 Å². The average Bonchev–Trinajstić information content (AvgIpc) is 3.02. The predicted octanol–water partition coefficient (Wildman–Crippen LogP) is -0.276. The Balaban J connectivity index is 1.38. The highest BCUT2D eigenvalue weighted by Crippen LogP contribution is 2.51. The van der Waals surface area contributed by atoms with Gasteiger partial charge in [0.2, 0.25) is 11.8 Å². The number of carbonyl (C=O) groups is 4. The van der Waals surface area contributed by atoms with E-state index in [1.165, 1.54) is 0 Å². The van der Waals surface area contributed by atoms with E-state index in [9.17, 15) is 19.2 Å². The Morgan fingerprint density at radius 2 is 1.82 bits per heavy atom. The highest BCUT2D eigenvalue weighted by molar-refractivity contribution is 6.24. The lowest BCUT2D eigenvalue weighted by molar-refractivity contribution is -0.136. The van der Waals surface area contributed by atoms with Crippen molar-refractivity contribution in [3.63, 3.8) is 0 Å². The minimum absolute atomic E-state index is 0.121. The third kappa shape index (κ3) is 2.51. The summed E-state index contributed by atoms with van der Waals surface area (Å²) in [6.07, 6.45) is 0.289. The number of amides is 4. The van der Waals surface area contributed by atoms with Crippen LogP contribution in [0.2, 0.25) is 0 Å². The van der Waals surface area contributed by atoms with Gasteiger partial charge in [-0.2, -0.15) is 0 Å². The van der Waals surface area contributed by atoms with E-state index in [4.69, 9.17) is 5.73 Å². The third-order valence-corrected chi connectivity index (χ3v) is 6.67. The molecule has 4 aliphatic rings. The summed E-state index contributed by atoms with van der Waals surface area (Å²) < 4.78 is 0. The van der Waals surface area contributed by atoms with Gasteiger partial charge in [0.25, 0.3) is 11.8 Å². The molecule has 0 aromatic heterocycles. The standard InChI is InChI=1S/C20H22N4O4/c21-6-12-13-8-23(9-14(12)13)7-10-2-1-3-11-17(10)20(28)24(19(11)27)15-4-5-16(25)22-18(15)26/h1-3,12-15H,4-9,21H2,(H,22,25,26)/t12?,13-,14+,15?. The van der Waals surface area contributed by atoms with Crippen LogP contribution in [-0.2, 0) is 16.1 Å². The van der Waals surface area contributed by atoms with Crippen molar-refractivity contribution in [2.24, 2.45) is 23.5 Å². The number of nitrogens with two attached hydrogens (primary N) is 1. The van der Waals surface area contributed by atoms with E-state index in [0.717, 1.165) is 30.1 Å². The number of benzene rings is 1. The Kier molecular flexibility index (Phi) is 3.89. The van der Waals surface area contributed by atoms with Gasteiger partial charge in [-0.05, 0) is 42.3 Å². The maximum Gasteiger partial charge on any atom is 0.262 e. The van der Waals surface area contributed by atoms with Gasteiger partial charge in [-0.3, -0.25) is 34.3 Å². The van der Waals surface area contributed by atoms with Gasteiger partial charge in [-0.1, -0.05) is 12.1 Å². The molecule has 4 atom stereocenters. The number of hydrogen-bond donors (Lipinski definition) is 2. The van der Waals surface area contributed by atoms with E-state index in [1.54, 1.807) is 12.1 Å². The van der Waals surface area contributed by atoms with Gasteiger partial charge >= 0.3 is 0 Å². The molecule has 1 aromatic rings. The number of carbonyl (C=O) groups excluding carboxylic acids is 4. The molecule has 0 radical (unpaired) electrons. The van der Waals surface area contributed by atoms with Crippen LogP contribution < -0.4 is 11.1 Å². The van der Waals surface area contributed by atoms with Gasteiger partial charge in [0.1, 0.15) is 6.04 Å². The molecule has 1 saturated carbocycles. The molecule has 1 aliphatic carbocycles. The van der Waals surface area contributed by atoms with Crippen molar-refractivity contribution >= 4 is 23.6 Å². The first kappa shape index (κ1) is 17.5. The van der Waals surface area contributed by atoms with Crippen LogP contribution in [-0.4, -0.2) is 59.1 Å². The maximum absolute atomic E-state index is 13.1. The lowest BCUT2D eigenvalue weighted by atomic mass is 10.0. The highest BCUT2D eigenvalue weighted by atomic mass is 16.2. The molecule has 3 N–H and O–H groups in total. The monoisotopic (exact) mass is 382 g/mol. The van der Waals surface area contributed by atoms with E-state index in [0.29, 0.717) is 35.4 Å². The topological polar surface area (TPSA) is 113 Å². The largest absolute Gasteiger partial charge is 0.330 e. The quantitative estimate of drug-likeness (QED) is 0.693. The molecule has 0 bridgehead atoms. The second-order valence-corrected chi connectivity index (χ2v) is 8.21. The Morgan fingerprint density at radius 1 is 1.07 bits per heavy atom. The van der Waals surface area contributed by atoms with Gasteiger partial charge < -0.3 is 5.73 Å². The molecule has 0 spiro atoms. The molecular weight excluding hydrogens is 360 g/mol. The first-order valence-electron chi connectivity index (χ1n) is 9.75. The molecular formula is C20H22N4O4. The maximum atomic E-state index is 13.1. The lowest BCUT2D eigenvalue weighted by Crippen LogP contribution is -2.54. The van der Waals surface area contributed by atoms with Crippen molar-refractivity contribution in [1.29, 1.82) is 0 Å². The lowest BCUT2D eigenvalue weighted by Gasteiger charge is -2.28. The Morgan fingerprint density at radius 3 is 2.50 bits per heavy atom. The SMILES string of the molecule is NCC1[C@H]2CN(Cc3cccc4c3C(=O)N(C3CCC(=O)NC3=O)C4=O)C[C@@H]12. The third-order valence-electron chi connectivity index (χ3n) is 6.67. The van der Waals surface area contributed by atoms with Crippen LogP contribution in [0, 0.1) is 17.8 Å². The summed E-state index contributed by atoms with van der Waals surface area (Å²) in [5.74, 6) is 0.0851. The van der Waals surface area contributed by atoms with Crippen LogP contribution in [0.5, 0.6) is 0 Å². The number of likely N-dealkylation sites (tertiary alicyclic amines) is 1. The molecule has 1 aromatic carbocycles. The zero-order valence-corrected chi connectivity index (χ0v) is 15.4. The molecule has 28 heavy (non-hydrogen) atoms. The molecule has 8 heteroatoms. The molecule has 5 rings (SSSR count). The van der Waals surface area contributed by atoms with Gasteiger partial charge in [0.15, 0.2) is 0 Å². The van der Waals surface area contributed by atoms with Crippen molar-refractivity contribution in [2.45, 2.75) is 25.4 Å². The van der Waals surface area contributed by atoms with E-state index in [-0.39, 0.29) is 18.7 Å². The van der Waals surface area contributed by atoms with Gasteiger partial charge in [0.05, 0.1) is 11.1 Å². The fourth-order valence-electron chi connectivity index (χ4n) is 5.17. The molecule has 4 amide bonds. The fraction of sp³-hybridized carbons (Fsp3) is 0.500. The smallest absolute Gasteiger partial charge is 0.262 e. The van der Waals surface area contributed by atoms with Crippen molar-refractivity contribution < 1.29 is 19.2 Å². The first-order chi connectivity index (χ1) is 13.5. The number of nitrogens with zero attached hydrogens (tertiary/aromatic N) is 2. The number of piperidine rings is 2. The van der Waals surface area contributed by atoms with Gasteiger partial charge in [-0.15, -0.1) is 0 Å². The summed E-state index contributed by atoms with van der Waals surface area (Å²) >= 11 is 0. The number of nitrogens with one attached hydrogen (secondary N) is 1. The molecule has 3 fully saturated rings. The van der Waals surface area contributed by atoms with Crippen molar-refractivity contribution in [2.75, 3.05) is 19.6 Å². The fourth-order valence-corrected chi connectivity index (χ4v) is 5.17. The zero-order chi connectivity index (χ0) is 19.6. The predicted molar refractivity (Wildman–Crippen MR) is 97.9 cm³/mol. The molecule has 8 nitrogen and oxygen atoms in total. The summed E-state index contributed by atoms with van der Waals surface area (Å²) in [6, 6.07) is 4.37. The minimum atomic E-state index is -0.928.